The number of aliphatic imine (C=N–C) groups is 1. The summed E-state index contributed by atoms with van der Waals surface area (Å²) in [6.45, 7) is 0. The Morgan fingerprint density at radius 2 is 2.33 bits per heavy atom. The van der Waals surface area contributed by atoms with Crippen molar-refractivity contribution >= 4 is 34.4 Å². The average molecular weight is 221 g/mol. The minimum atomic E-state index is 0.635. The maximum Gasteiger partial charge on any atom is 0.0858 e. The van der Waals surface area contributed by atoms with E-state index in [1.54, 1.807) is 24.6 Å². The van der Waals surface area contributed by atoms with Crippen LogP contribution in [0.25, 0.3) is 10.9 Å². The quantitative estimate of drug-likeness (QED) is 0.764. The van der Waals surface area contributed by atoms with Gasteiger partial charge in [-0.1, -0.05) is 11.6 Å². The van der Waals surface area contributed by atoms with E-state index in [1.807, 2.05) is 6.07 Å². The molecule has 0 unspecified atom stereocenters. The number of hydrogen-bond acceptors (Lipinski definition) is 3. The van der Waals surface area contributed by atoms with Crippen molar-refractivity contribution in [3.63, 3.8) is 0 Å². The second-order valence-electron chi connectivity index (χ2n) is 2.89. The summed E-state index contributed by atoms with van der Waals surface area (Å²) in [7, 11) is 0. The molecule has 0 spiro atoms. The molecule has 15 heavy (non-hydrogen) atoms. The molecular weight excluding hydrogens is 212 g/mol. The number of fused-ring (bicyclic) bond motifs is 1. The summed E-state index contributed by atoms with van der Waals surface area (Å²) >= 11 is 5.97. The standard InChI is InChI=1S/C10H9ClN4/c11-8-2-3-9(13-5-1-4-12)7-6-14-15-10(7)8/h1-6H,12H2,(H,14,15). The first kappa shape index (κ1) is 9.73. The lowest BCUT2D eigenvalue weighted by atomic mass is 10.2. The number of benzene rings is 1. The Morgan fingerprint density at radius 3 is 3.13 bits per heavy atom. The summed E-state index contributed by atoms with van der Waals surface area (Å²) in [5, 5.41) is 8.27. The first-order valence-electron chi connectivity index (χ1n) is 4.35. The van der Waals surface area contributed by atoms with Gasteiger partial charge in [-0.3, -0.25) is 10.1 Å². The summed E-state index contributed by atoms with van der Waals surface area (Å²) in [5.74, 6) is 0. The van der Waals surface area contributed by atoms with Crippen LogP contribution < -0.4 is 5.73 Å². The fourth-order valence-corrected chi connectivity index (χ4v) is 1.48. The minimum absolute atomic E-state index is 0.635. The fourth-order valence-electron chi connectivity index (χ4n) is 1.27. The van der Waals surface area contributed by atoms with Crippen LogP contribution in [0.1, 0.15) is 0 Å². The Kier molecular flexibility index (Phi) is 2.69. The van der Waals surface area contributed by atoms with Crippen LogP contribution in [0.2, 0.25) is 5.02 Å². The zero-order valence-corrected chi connectivity index (χ0v) is 8.57. The van der Waals surface area contributed by atoms with Crippen molar-refractivity contribution in [2.24, 2.45) is 10.7 Å². The van der Waals surface area contributed by atoms with E-state index in [9.17, 15) is 0 Å². The van der Waals surface area contributed by atoms with Gasteiger partial charge in [-0.2, -0.15) is 5.10 Å². The fraction of sp³-hybridized carbons (Fsp3) is 0. The maximum atomic E-state index is 5.97. The van der Waals surface area contributed by atoms with Crippen molar-refractivity contribution in [2.75, 3.05) is 0 Å². The molecule has 1 aromatic carbocycles. The normalized spacial score (nSPS) is 12.1. The first-order valence-corrected chi connectivity index (χ1v) is 4.73. The van der Waals surface area contributed by atoms with Gasteiger partial charge < -0.3 is 5.73 Å². The Hall–Kier alpha value is -1.81. The van der Waals surface area contributed by atoms with E-state index in [1.165, 1.54) is 6.20 Å². The highest BCUT2D eigenvalue weighted by atomic mass is 35.5. The Balaban J connectivity index is 2.52. The molecule has 0 aliphatic heterocycles. The van der Waals surface area contributed by atoms with E-state index < -0.39 is 0 Å². The van der Waals surface area contributed by atoms with Crippen LogP contribution in [0.5, 0.6) is 0 Å². The number of halogens is 1. The summed E-state index contributed by atoms with van der Waals surface area (Å²) in [4.78, 5) is 4.23. The highest BCUT2D eigenvalue weighted by Gasteiger charge is 2.04. The molecule has 1 aromatic heterocycles. The van der Waals surface area contributed by atoms with Gasteiger partial charge in [-0.25, -0.2) is 0 Å². The highest BCUT2D eigenvalue weighted by molar-refractivity contribution is 6.35. The molecule has 0 fully saturated rings. The van der Waals surface area contributed by atoms with Gasteiger partial charge in [0, 0.05) is 11.6 Å². The lowest BCUT2D eigenvalue weighted by molar-refractivity contribution is 1.12. The summed E-state index contributed by atoms with van der Waals surface area (Å²) in [5.41, 5.74) is 6.80. The Morgan fingerprint density at radius 1 is 1.47 bits per heavy atom. The molecule has 0 atom stereocenters. The molecule has 0 amide bonds. The molecule has 2 aromatic rings. The number of hydrogen-bond donors (Lipinski definition) is 2. The number of nitrogens with one attached hydrogen (secondary N) is 1. The van der Waals surface area contributed by atoms with E-state index in [4.69, 9.17) is 17.3 Å². The predicted octanol–water partition coefficient (Wildman–Crippen LogP) is 2.39. The lowest BCUT2D eigenvalue weighted by Crippen LogP contribution is -1.76. The molecule has 0 aliphatic rings. The van der Waals surface area contributed by atoms with E-state index >= 15 is 0 Å². The number of aromatic amines is 1. The zero-order chi connectivity index (χ0) is 10.7. The van der Waals surface area contributed by atoms with Crippen LogP contribution in [0, 0.1) is 0 Å². The van der Waals surface area contributed by atoms with Gasteiger partial charge in [-0.05, 0) is 24.4 Å². The Labute approximate surface area is 91.5 Å². The van der Waals surface area contributed by atoms with Crippen LogP contribution >= 0.6 is 11.6 Å². The van der Waals surface area contributed by atoms with Crippen molar-refractivity contribution in [2.45, 2.75) is 0 Å². The Bertz CT molecular complexity index is 527. The number of nitrogens with two attached hydrogens (primary N) is 1. The number of allylic oxidation sites excluding steroid dienone is 1. The van der Waals surface area contributed by atoms with Crippen LogP contribution in [-0.4, -0.2) is 16.4 Å². The van der Waals surface area contributed by atoms with Crippen molar-refractivity contribution in [1.29, 1.82) is 0 Å². The topological polar surface area (TPSA) is 67.1 Å². The number of nitrogens with zero attached hydrogens (tertiary/aromatic N) is 2. The van der Waals surface area contributed by atoms with Gasteiger partial charge in [0.2, 0.25) is 0 Å². The van der Waals surface area contributed by atoms with Gasteiger partial charge in [0.05, 0.1) is 22.4 Å². The molecule has 1 heterocycles. The van der Waals surface area contributed by atoms with Crippen LogP contribution in [0.4, 0.5) is 5.69 Å². The minimum Gasteiger partial charge on any atom is -0.405 e. The largest absolute Gasteiger partial charge is 0.405 e. The third-order valence-corrected chi connectivity index (χ3v) is 2.27. The first-order chi connectivity index (χ1) is 7.33. The zero-order valence-electron chi connectivity index (χ0n) is 7.81. The molecule has 3 N–H and O–H groups in total. The smallest absolute Gasteiger partial charge is 0.0858 e. The predicted molar refractivity (Wildman–Crippen MR) is 62.6 cm³/mol. The molecule has 0 saturated heterocycles. The van der Waals surface area contributed by atoms with Crippen molar-refractivity contribution in [3.05, 3.63) is 35.6 Å². The molecule has 0 bridgehead atoms. The summed E-state index contributed by atoms with van der Waals surface area (Å²) in [6.07, 6.45) is 6.39. The van der Waals surface area contributed by atoms with Crippen molar-refractivity contribution in [1.82, 2.24) is 10.2 Å². The molecule has 2 rings (SSSR count). The molecule has 0 radical (unpaired) electrons. The maximum absolute atomic E-state index is 5.97. The second-order valence-corrected chi connectivity index (χ2v) is 3.30. The van der Waals surface area contributed by atoms with Gasteiger partial charge in [0.25, 0.3) is 0 Å². The van der Waals surface area contributed by atoms with Crippen LogP contribution in [-0.2, 0) is 0 Å². The summed E-state index contributed by atoms with van der Waals surface area (Å²) in [6, 6.07) is 3.61. The SMILES string of the molecule is NC=CC=Nc1ccc(Cl)c2[nH]ncc12. The molecule has 76 valence electrons. The molecule has 0 saturated carbocycles. The van der Waals surface area contributed by atoms with Gasteiger partial charge >= 0.3 is 0 Å². The third-order valence-electron chi connectivity index (χ3n) is 1.95. The van der Waals surface area contributed by atoms with Gasteiger partial charge in [-0.15, -0.1) is 0 Å². The van der Waals surface area contributed by atoms with E-state index in [-0.39, 0.29) is 0 Å². The van der Waals surface area contributed by atoms with Gasteiger partial charge in [0.1, 0.15) is 0 Å². The molecule has 4 nitrogen and oxygen atoms in total. The van der Waals surface area contributed by atoms with Crippen molar-refractivity contribution < 1.29 is 0 Å². The van der Waals surface area contributed by atoms with Crippen molar-refractivity contribution in [3.8, 4) is 0 Å². The third kappa shape index (κ3) is 1.85. The van der Waals surface area contributed by atoms with E-state index in [0.717, 1.165) is 16.6 Å². The van der Waals surface area contributed by atoms with Crippen LogP contribution in [0.15, 0.2) is 35.6 Å². The molecule has 5 heteroatoms. The summed E-state index contributed by atoms with van der Waals surface area (Å²) < 4.78 is 0. The van der Waals surface area contributed by atoms with E-state index in [0.29, 0.717) is 5.02 Å². The molecule has 0 aliphatic carbocycles. The lowest BCUT2D eigenvalue weighted by Gasteiger charge is -1.96. The second kappa shape index (κ2) is 4.14. The average Bonchev–Trinajstić information content (AvgIpc) is 2.71. The monoisotopic (exact) mass is 220 g/mol. The number of aromatic nitrogens is 2. The van der Waals surface area contributed by atoms with Gasteiger partial charge in [0.15, 0.2) is 0 Å². The highest BCUT2D eigenvalue weighted by Crippen LogP contribution is 2.29. The molecular formula is C10H9ClN4. The number of rotatable bonds is 2. The number of H-pyrrole nitrogens is 1. The van der Waals surface area contributed by atoms with E-state index in [2.05, 4.69) is 15.2 Å². The van der Waals surface area contributed by atoms with Crippen LogP contribution in [0.3, 0.4) is 0 Å².